The molecule has 5 heterocycles. The van der Waals surface area contributed by atoms with E-state index in [0.29, 0.717) is 17.9 Å². The maximum Gasteiger partial charge on any atom is 0.330 e. The number of hydrogen-bond donors (Lipinski definition) is 11. The number of rotatable bonds is 12. The van der Waals surface area contributed by atoms with E-state index < -0.39 is 140 Å². The highest BCUT2D eigenvalue weighted by atomic mass is 16.8. The molecular weight excluding hydrogens is 1040 g/mol. The van der Waals surface area contributed by atoms with Crippen molar-refractivity contribution in [3.05, 3.63) is 29.8 Å². The summed E-state index contributed by atoms with van der Waals surface area (Å²) in [5.74, 6) is -1.85. The third-order valence-corrected chi connectivity index (χ3v) is 22.2. The normalized spacial score (nSPS) is 52.2. The molecule has 79 heavy (non-hydrogen) atoms. The van der Waals surface area contributed by atoms with Gasteiger partial charge in [-0.2, -0.15) is 0 Å². The van der Waals surface area contributed by atoms with Gasteiger partial charge in [0, 0.05) is 6.08 Å². The number of methoxy groups -OCH3 is 1. The fourth-order valence-electron chi connectivity index (χ4n) is 18.0. The van der Waals surface area contributed by atoms with Crippen molar-refractivity contribution in [3.8, 4) is 11.5 Å². The molecule has 0 bridgehead atoms. The highest BCUT2D eigenvalue weighted by molar-refractivity contribution is 5.87. The molecule has 22 heteroatoms. The lowest BCUT2D eigenvalue weighted by molar-refractivity contribution is -0.392. The van der Waals surface area contributed by atoms with Crippen LogP contribution in [0.15, 0.2) is 24.3 Å². The van der Waals surface area contributed by atoms with Crippen LogP contribution in [0, 0.1) is 50.7 Å². The number of fused-ring (bicyclic) bond motifs is 5. The quantitative estimate of drug-likeness (QED) is 0.0781. The van der Waals surface area contributed by atoms with E-state index in [2.05, 4.69) is 34.6 Å². The van der Waals surface area contributed by atoms with Crippen molar-refractivity contribution >= 4 is 12.0 Å². The maximum absolute atomic E-state index is 12.7. The minimum absolute atomic E-state index is 0.0389. The van der Waals surface area contributed by atoms with Crippen LogP contribution in [0.3, 0.4) is 0 Å². The van der Waals surface area contributed by atoms with Crippen molar-refractivity contribution in [3.63, 3.8) is 0 Å². The van der Waals surface area contributed by atoms with Crippen LogP contribution in [0.25, 0.3) is 6.08 Å². The second kappa shape index (κ2) is 20.2. The minimum Gasteiger partial charge on any atom is -0.504 e. The second-order valence-corrected chi connectivity index (χ2v) is 26.6. The fourth-order valence-corrected chi connectivity index (χ4v) is 18.0. The predicted molar refractivity (Wildman–Crippen MR) is 272 cm³/mol. The Morgan fingerprint density at radius 2 is 1.42 bits per heavy atom. The summed E-state index contributed by atoms with van der Waals surface area (Å²) in [5, 5.41) is 122. The van der Waals surface area contributed by atoms with E-state index in [9.17, 15) is 61.0 Å². The molecule has 27 atom stereocenters. The number of phenols is 1. The van der Waals surface area contributed by atoms with Crippen molar-refractivity contribution in [2.45, 2.75) is 222 Å². The molecule has 5 saturated carbocycles. The van der Waals surface area contributed by atoms with Gasteiger partial charge in [0.2, 0.25) is 5.79 Å². The maximum atomic E-state index is 12.7. The molecule has 22 nitrogen and oxygen atoms in total. The Morgan fingerprint density at radius 1 is 0.747 bits per heavy atom. The van der Waals surface area contributed by atoms with Gasteiger partial charge in [0.15, 0.2) is 30.4 Å². The van der Waals surface area contributed by atoms with Crippen molar-refractivity contribution in [2.75, 3.05) is 26.9 Å². The van der Waals surface area contributed by atoms with Crippen LogP contribution in [-0.2, 0) is 47.4 Å². The number of benzene rings is 1. The molecule has 0 amide bonds. The molecule has 1 aromatic carbocycles. The molecule has 10 aliphatic rings. The van der Waals surface area contributed by atoms with E-state index in [1.54, 1.807) is 19.9 Å². The highest BCUT2D eigenvalue weighted by Crippen LogP contribution is 2.89. The Kier molecular flexibility index (Phi) is 14.9. The lowest BCUT2D eigenvalue weighted by atomic mass is 9.41. The molecule has 11 rings (SSSR count). The molecule has 0 aromatic heterocycles. The van der Waals surface area contributed by atoms with E-state index in [1.165, 1.54) is 25.3 Å². The number of esters is 1. The van der Waals surface area contributed by atoms with Crippen molar-refractivity contribution in [1.29, 1.82) is 0 Å². The largest absolute Gasteiger partial charge is 0.504 e. The zero-order valence-electron chi connectivity index (χ0n) is 46.3. The Hall–Kier alpha value is -2.69. The van der Waals surface area contributed by atoms with Gasteiger partial charge in [0.05, 0.1) is 38.1 Å². The Balaban J connectivity index is 0.777. The summed E-state index contributed by atoms with van der Waals surface area (Å²) in [6.45, 7) is 13.3. The molecule has 2 spiro atoms. The third-order valence-electron chi connectivity index (χ3n) is 22.2. The van der Waals surface area contributed by atoms with Crippen molar-refractivity contribution in [2.24, 2.45) is 50.7 Å². The molecule has 1 aromatic rings. The molecule has 5 aliphatic heterocycles. The topological polar surface area (TPSA) is 332 Å². The van der Waals surface area contributed by atoms with Gasteiger partial charge < -0.3 is 104 Å². The van der Waals surface area contributed by atoms with Crippen LogP contribution >= 0.6 is 0 Å². The summed E-state index contributed by atoms with van der Waals surface area (Å²) < 4.78 is 60.7. The van der Waals surface area contributed by atoms with Crippen molar-refractivity contribution < 1.29 is 108 Å². The Bertz CT molecular complexity index is 2460. The zero-order chi connectivity index (χ0) is 56.9. The van der Waals surface area contributed by atoms with E-state index in [0.717, 1.165) is 51.0 Å². The smallest absolute Gasteiger partial charge is 0.330 e. The van der Waals surface area contributed by atoms with Gasteiger partial charge in [-0.15, -0.1) is 0 Å². The molecule has 10 fully saturated rings. The molecule has 5 aliphatic carbocycles. The van der Waals surface area contributed by atoms with E-state index in [4.69, 9.17) is 47.4 Å². The lowest BCUT2D eigenvalue weighted by Crippen LogP contribution is -2.66. The van der Waals surface area contributed by atoms with Crippen LogP contribution in [0.1, 0.15) is 105 Å². The molecule has 0 radical (unpaired) electrons. The first kappa shape index (κ1) is 58.1. The number of phenolic OH excluding ortho intramolecular Hbond substituents is 1. The Morgan fingerprint density at radius 3 is 2.13 bits per heavy atom. The standard InChI is InChI=1S/C57H84O22/c1-25-37-30(78-57(69)46(25)79-52(4,5)50(57)68)20-54(7)34-13-12-33-51(2,3)35(15-16-55(33)24-56(34,55)18-17-53(37,54)6)75-48-44(38(62)28(60)22-72-48)77-49-45(42(66)39(63)31(21-58)73-49)76-47-43(67)41(65)40(64)32(74-47)23-71-36(61)14-10-26-9-11-29(70-8)27(59)19-26/h9-11,14,19,25,28,30-35,37-50,58-60,62-69H,12-13,15-18,20-24H2,1-8H3/t25-,28-,30-,31-,32-,33-,34-,35-,37-,38+,39+,40+,41-,42+,43+,44+,45-,46-,47+,48-,49-,50+,53-,54+,55-,56+,57-/m1/s1. The fraction of sp³-hybridized carbons (Fsp3) is 0.842. The summed E-state index contributed by atoms with van der Waals surface area (Å²) in [6, 6.07) is 4.43. The number of carbonyl (C=O) groups excluding carboxylic acids is 1. The van der Waals surface area contributed by atoms with Crippen LogP contribution in [0.5, 0.6) is 11.5 Å². The third kappa shape index (κ3) is 8.81. The molecule has 11 N–H and O–H groups in total. The monoisotopic (exact) mass is 1120 g/mol. The molecule has 444 valence electrons. The first-order valence-corrected chi connectivity index (χ1v) is 28.4. The van der Waals surface area contributed by atoms with Crippen LogP contribution in [0.4, 0.5) is 0 Å². The lowest BCUT2D eigenvalue weighted by Gasteiger charge is -2.63. The van der Waals surface area contributed by atoms with Gasteiger partial charge in [-0.25, -0.2) is 4.79 Å². The first-order chi connectivity index (χ1) is 37.1. The number of aliphatic hydroxyl groups is 10. The number of aromatic hydroxyl groups is 1. The van der Waals surface area contributed by atoms with Gasteiger partial charge in [-0.1, -0.05) is 40.7 Å². The SMILES string of the molecule is COc1ccc(C=CC(=O)OC[C@H]2O[C@@H](O[C@H]3[C@@H](O[C@@H]4[C@@H](O[C@@H]5CC[C@]67C[C@]68CC[C@]6(C)[C@@H]9[C@@H](C)[C@H]%10OC(C)(C)[C@H](O)[C@]%10(O)O[C@@H]9C[C@@]6(C)[C@H]8CC[C@@H]7C5(C)C)OC[C@@H](O)[C@@H]4O)O[C@H](CO)[C@H](O)[C@@H]3O)[C@@H](O)[C@H](O)[C@H]2O)cc1O. The van der Waals surface area contributed by atoms with E-state index in [-0.39, 0.29) is 63.6 Å². The van der Waals surface area contributed by atoms with Gasteiger partial charge in [-0.3, -0.25) is 0 Å². The van der Waals surface area contributed by atoms with Gasteiger partial charge >= 0.3 is 5.97 Å². The van der Waals surface area contributed by atoms with Crippen LogP contribution in [-0.4, -0.2) is 211 Å². The predicted octanol–water partition coefficient (Wildman–Crippen LogP) is 0.748. The van der Waals surface area contributed by atoms with E-state index >= 15 is 0 Å². The summed E-state index contributed by atoms with van der Waals surface area (Å²) in [7, 11) is 1.39. The molecular formula is C57H84O22. The van der Waals surface area contributed by atoms with Gasteiger partial charge in [0.1, 0.15) is 86.0 Å². The van der Waals surface area contributed by atoms with Crippen LogP contribution in [0.2, 0.25) is 0 Å². The number of carbonyl (C=O) groups is 1. The van der Waals surface area contributed by atoms with Gasteiger partial charge in [-0.05, 0) is 140 Å². The average molecular weight is 1120 g/mol. The number of aliphatic hydroxyl groups excluding tert-OH is 9. The second-order valence-electron chi connectivity index (χ2n) is 26.6. The van der Waals surface area contributed by atoms with Gasteiger partial charge in [0.25, 0.3) is 0 Å². The average Bonchev–Trinajstić information content (AvgIpc) is 1.64. The number of hydrogen-bond acceptors (Lipinski definition) is 22. The van der Waals surface area contributed by atoms with Crippen molar-refractivity contribution in [1.82, 2.24) is 0 Å². The molecule has 0 unspecified atom stereocenters. The first-order valence-electron chi connectivity index (χ1n) is 28.4. The summed E-state index contributed by atoms with van der Waals surface area (Å²) in [4.78, 5) is 12.7. The number of ether oxygens (including phenoxy) is 10. The summed E-state index contributed by atoms with van der Waals surface area (Å²) in [6.07, 6.45) is -16.6. The zero-order valence-corrected chi connectivity index (χ0v) is 46.3. The summed E-state index contributed by atoms with van der Waals surface area (Å²) >= 11 is 0. The Labute approximate surface area is 459 Å². The van der Waals surface area contributed by atoms with Crippen LogP contribution < -0.4 is 4.74 Å². The minimum atomic E-state index is -1.99. The van der Waals surface area contributed by atoms with E-state index in [1.807, 2.05) is 0 Å². The highest BCUT2D eigenvalue weighted by Gasteiger charge is 2.84. The molecule has 5 saturated heterocycles. The summed E-state index contributed by atoms with van der Waals surface area (Å²) in [5.41, 5.74) is -0.986.